The Balaban J connectivity index is 1.63. The molecule has 152 valence electrons. The predicted molar refractivity (Wildman–Crippen MR) is 113 cm³/mol. The minimum absolute atomic E-state index is 0.147. The number of benzene rings is 2. The van der Waals surface area contributed by atoms with Crippen LogP contribution in [0.4, 0.5) is 5.13 Å². The van der Waals surface area contributed by atoms with Crippen molar-refractivity contribution in [3.05, 3.63) is 46.5 Å². The number of nitrogens with one attached hydrogen (secondary N) is 1. The van der Waals surface area contributed by atoms with Crippen molar-refractivity contribution in [2.75, 3.05) is 26.1 Å². The Morgan fingerprint density at radius 1 is 1.10 bits per heavy atom. The van der Waals surface area contributed by atoms with E-state index in [-0.39, 0.29) is 12.5 Å². The van der Waals surface area contributed by atoms with Crippen molar-refractivity contribution in [1.29, 1.82) is 0 Å². The van der Waals surface area contributed by atoms with E-state index < -0.39 is 0 Å². The Bertz CT molecular complexity index is 1020. The molecule has 0 saturated heterocycles. The molecule has 0 bridgehead atoms. The van der Waals surface area contributed by atoms with E-state index >= 15 is 0 Å². The highest BCUT2D eigenvalue weighted by Gasteiger charge is 2.13. The summed E-state index contributed by atoms with van der Waals surface area (Å²) >= 11 is 7.23. The van der Waals surface area contributed by atoms with Crippen LogP contribution in [-0.4, -0.2) is 36.1 Å². The van der Waals surface area contributed by atoms with Crippen LogP contribution >= 0.6 is 23.1 Å². The van der Waals surface area contributed by atoms with Crippen LogP contribution in [0.15, 0.2) is 30.3 Å². The van der Waals surface area contributed by atoms with Crippen LogP contribution in [-0.2, 0) is 4.79 Å². The number of hydrogen-bond acceptors (Lipinski definition) is 7. The molecule has 0 saturated carbocycles. The third-order valence-corrected chi connectivity index (χ3v) is 5.32. The van der Waals surface area contributed by atoms with E-state index in [9.17, 15) is 4.79 Å². The van der Waals surface area contributed by atoms with E-state index in [1.54, 1.807) is 38.5 Å². The van der Waals surface area contributed by atoms with E-state index in [4.69, 9.17) is 25.8 Å². The highest BCUT2D eigenvalue weighted by molar-refractivity contribution is 7.10. The fraction of sp³-hybridized carbons (Fsp3) is 0.250. The van der Waals surface area contributed by atoms with E-state index in [2.05, 4.69) is 14.7 Å². The summed E-state index contributed by atoms with van der Waals surface area (Å²) in [5, 5.41) is 3.77. The first-order valence-electron chi connectivity index (χ1n) is 8.66. The Morgan fingerprint density at radius 3 is 2.45 bits per heavy atom. The van der Waals surface area contributed by atoms with Crippen LogP contribution in [0.2, 0.25) is 5.02 Å². The third kappa shape index (κ3) is 4.96. The summed E-state index contributed by atoms with van der Waals surface area (Å²) in [5.74, 6) is 1.93. The number of carbonyl (C=O) groups is 1. The normalized spacial score (nSPS) is 10.5. The van der Waals surface area contributed by atoms with Crippen LogP contribution in [0, 0.1) is 13.8 Å². The lowest BCUT2D eigenvalue weighted by molar-refractivity contribution is -0.118. The molecule has 29 heavy (non-hydrogen) atoms. The van der Waals surface area contributed by atoms with Crippen molar-refractivity contribution in [2.45, 2.75) is 13.8 Å². The van der Waals surface area contributed by atoms with Gasteiger partial charge in [0.15, 0.2) is 23.9 Å². The zero-order valence-electron chi connectivity index (χ0n) is 16.4. The second kappa shape index (κ2) is 9.11. The van der Waals surface area contributed by atoms with Gasteiger partial charge in [-0.2, -0.15) is 9.36 Å². The summed E-state index contributed by atoms with van der Waals surface area (Å²) in [6, 6.07) is 8.97. The van der Waals surface area contributed by atoms with Gasteiger partial charge in [-0.05, 0) is 55.3 Å². The van der Waals surface area contributed by atoms with Gasteiger partial charge in [-0.3, -0.25) is 10.1 Å². The molecule has 2 aromatic carbocycles. The standard InChI is InChI=1S/C20H20ClN3O4S/c1-11-7-14(8-12(2)18(11)21)28-10-17(25)22-20-23-19(24-29-20)13-5-6-15(26-3)16(9-13)27-4/h5-9H,10H2,1-4H3,(H,22,23,24,25). The Hall–Kier alpha value is -2.84. The Labute approximate surface area is 177 Å². The molecule has 1 aromatic heterocycles. The molecule has 0 aliphatic heterocycles. The number of carbonyl (C=O) groups excluding carboxylic acids is 1. The number of rotatable bonds is 7. The zero-order chi connectivity index (χ0) is 21.0. The summed E-state index contributed by atoms with van der Waals surface area (Å²) in [4.78, 5) is 16.5. The van der Waals surface area contributed by atoms with Gasteiger partial charge in [-0.15, -0.1) is 0 Å². The highest BCUT2D eigenvalue weighted by atomic mass is 35.5. The quantitative estimate of drug-likeness (QED) is 0.590. The number of ether oxygens (including phenoxy) is 3. The van der Waals surface area contributed by atoms with Gasteiger partial charge in [0.05, 0.1) is 14.2 Å². The van der Waals surface area contributed by atoms with Crippen LogP contribution < -0.4 is 19.5 Å². The second-order valence-corrected chi connectivity index (χ2v) is 7.33. The molecule has 0 radical (unpaired) electrons. The van der Waals surface area contributed by atoms with Crippen LogP contribution in [0.25, 0.3) is 11.4 Å². The van der Waals surface area contributed by atoms with Crippen LogP contribution in [0.1, 0.15) is 11.1 Å². The molecule has 1 N–H and O–H groups in total. The molecule has 9 heteroatoms. The number of hydrogen-bond donors (Lipinski definition) is 1. The summed E-state index contributed by atoms with van der Waals surface area (Å²) < 4.78 is 20.4. The van der Waals surface area contributed by atoms with Gasteiger partial charge in [0, 0.05) is 22.1 Å². The molecule has 7 nitrogen and oxygen atoms in total. The van der Waals surface area contributed by atoms with Gasteiger partial charge >= 0.3 is 0 Å². The Kier molecular flexibility index (Phi) is 6.56. The lowest BCUT2D eigenvalue weighted by atomic mass is 10.1. The van der Waals surface area contributed by atoms with Crippen molar-refractivity contribution in [1.82, 2.24) is 9.36 Å². The molecule has 3 rings (SSSR count). The van der Waals surface area contributed by atoms with E-state index in [0.717, 1.165) is 28.2 Å². The van der Waals surface area contributed by atoms with E-state index in [0.29, 0.717) is 33.2 Å². The number of halogens is 1. The van der Waals surface area contributed by atoms with Crippen molar-refractivity contribution < 1.29 is 19.0 Å². The van der Waals surface area contributed by atoms with Gasteiger partial charge in [0.1, 0.15) is 5.75 Å². The molecule has 1 heterocycles. The van der Waals surface area contributed by atoms with Crippen molar-refractivity contribution in [3.8, 4) is 28.6 Å². The first-order chi connectivity index (χ1) is 13.9. The summed E-state index contributed by atoms with van der Waals surface area (Å²) in [7, 11) is 3.13. The summed E-state index contributed by atoms with van der Waals surface area (Å²) in [5.41, 5.74) is 2.54. The third-order valence-electron chi connectivity index (χ3n) is 4.09. The maximum Gasteiger partial charge on any atom is 0.264 e. The fourth-order valence-corrected chi connectivity index (χ4v) is 3.38. The van der Waals surface area contributed by atoms with Crippen molar-refractivity contribution >= 4 is 34.2 Å². The number of anilines is 1. The summed E-state index contributed by atoms with van der Waals surface area (Å²) in [6.45, 7) is 3.63. The monoisotopic (exact) mass is 433 g/mol. The van der Waals surface area contributed by atoms with Gasteiger partial charge < -0.3 is 14.2 Å². The second-order valence-electron chi connectivity index (χ2n) is 6.20. The predicted octanol–water partition coefficient (Wildman–Crippen LogP) is 4.51. The molecule has 3 aromatic rings. The number of nitrogens with zero attached hydrogens (tertiary/aromatic N) is 2. The molecule has 0 atom stereocenters. The molecular formula is C20H20ClN3O4S. The molecular weight excluding hydrogens is 414 g/mol. The number of aromatic nitrogens is 2. The summed E-state index contributed by atoms with van der Waals surface area (Å²) in [6.07, 6.45) is 0. The molecule has 1 amide bonds. The molecule has 0 unspecified atom stereocenters. The number of aryl methyl sites for hydroxylation is 2. The average Bonchev–Trinajstić information content (AvgIpc) is 3.18. The van der Waals surface area contributed by atoms with Gasteiger partial charge in [-0.25, -0.2) is 0 Å². The minimum Gasteiger partial charge on any atom is -0.493 e. The first-order valence-corrected chi connectivity index (χ1v) is 9.82. The maximum atomic E-state index is 12.2. The van der Waals surface area contributed by atoms with Gasteiger partial charge in [0.2, 0.25) is 5.13 Å². The largest absolute Gasteiger partial charge is 0.493 e. The zero-order valence-corrected chi connectivity index (χ0v) is 18.0. The maximum absolute atomic E-state index is 12.2. The average molecular weight is 434 g/mol. The lowest BCUT2D eigenvalue weighted by Gasteiger charge is -2.09. The van der Waals surface area contributed by atoms with Crippen LogP contribution in [0.3, 0.4) is 0 Å². The highest BCUT2D eigenvalue weighted by Crippen LogP contribution is 2.32. The molecule has 0 aliphatic rings. The lowest BCUT2D eigenvalue weighted by Crippen LogP contribution is -2.20. The van der Waals surface area contributed by atoms with Crippen molar-refractivity contribution in [3.63, 3.8) is 0 Å². The smallest absolute Gasteiger partial charge is 0.264 e. The first kappa shape index (κ1) is 20.9. The number of amides is 1. The topological polar surface area (TPSA) is 82.6 Å². The molecule has 0 spiro atoms. The van der Waals surface area contributed by atoms with Crippen molar-refractivity contribution in [2.24, 2.45) is 0 Å². The van der Waals surface area contributed by atoms with E-state index in [1.807, 2.05) is 19.9 Å². The van der Waals surface area contributed by atoms with Gasteiger partial charge in [0.25, 0.3) is 5.91 Å². The molecule has 0 aliphatic carbocycles. The SMILES string of the molecule is COc1ccc(-c2nsc(NC(=O)COc3cc(C)c(Cl)c(C)c3)n2)cc1OC. The van der Waals surface area contributed by atoms with Crippen LogP contribution in [0.5, 0.6) is 17.2 Å². The van der Waals surface area contributed by atoms with Gasteiger partial charge in [-0.1, -0.05) is 11.6 Å². The molecule has 0 fully saturated rings. The fourth-order valence-electron chi connectivity index (χ4n) is 2.66. The Morgan fingerprint density at radius 2 is 1.79 bits per heavy atom. The number of methoxy groups -OCH3 is 2. The minimum atomic E-state index is -0.328. The van der Waals surface area contributed by atoms with E-state index in [1.165, 1.54) is 0 Å².